The van der Waals surface area contributed by atoms with Crippen molar-refractivity contribution >= 4 is 5.69 Å². The lowest BCUT2D eigenvalue weighted by Crippen LogP contribution is -2.28. The van der Waals surface area contributed by atoms with Crippen LogP contribution in [0.2, 0.25) is 0 Å². The Morgan fingerprint density at radius 2 is 2.25 bits per heavy atom. The number of benzene rings is 1. The standard InChI is InChI=1S/C12H16FNO2/c1-16-12-7-8(13)5-6-10(12)14-9-3-2-4-11(9)15/h5-7,9,11,14-15H,2-4H2,1H3/t9-,11-/m0/s1. The van der Waals surface area contributed by atoms with Gasteiger partial charge in [0.1, 0.15) is 11.6 Å². The van der Waals surface area contributed by atoms with E-state index in [1.54, 1.807) is 6.07 Å². The number of aliphatic hydroxyl groups excluding tert-OH is 1. The molecule has 1 aromatic rings. The molecule has 0 heterocycles. The fourth-order valence-electron chi connectivity index (χ4n) is 2.09. The van der Waals surface area contributed by atoms with Crippen LogP contribution < -0.4 is 10.1 Å². The maximum atomic E-state index is 13.0. The monoisotopic (exact) mass is 225 g/mol. The molecule has 1 aromatic carbocycles. The van der Waals surface area contributed by atoms with E-state index in [2.05, 4.69) is 5.32 Å². The van der Waals surface area contributed by atoms with Crippen molar-refractivity contribution in [1.82, 2.24) is 0 Å². The molecule has 1 aliphatic carbocycles. The third kappa shape index (κ3) is 2.27. The molecule has 1 fully saturated rings. The summed E-state index contributed by atoms with van der Waals surface area (Å²) in [6.07, 6.45) is 2.44. The number of aliphatic hydroxyl groups is 1. The van der Waals surface area contributed by atoms with Crippen LogP contribution in [0.1, 0.15) is 19.3 Å². The predicted molar refractivity (Wildman–Crippen MR) is 60.2 cm³/mol. The number of halogens is 1. The molecule has 0 spiro atoms. The molecule has 2 N–H and O–H groups in total. The summed E-state index contributed by atoms with van der Waals surface area (Å²) in [4.78, 5) is 0. The summed E-state index contributed by atoms with van der Waals surface area (Å²) in [5.74, 6) is 0.147. The van der Waals surface area contributed by atoms with Crippen LogP contribution in [0.15, 0.2) is 18.2 Å². The van der Waals surface area contributed by atoms with Crippen LogP contribution in [0.3, 0.4) is 0 Å². The maximum Gasteiger partial charge on any atom is 0.144 e. The molecule has 0 aromatic heterocycles. The molecular weight excluding hydrogens is 209 g/mol. The first kappa shape index (κ1) is 11.2. The van der Waals surface area contributed by atoms with Gasteiger partial charge in [-0.15, -0.1) is 0 Å². The molecule has 0 amide bonds. The number of hydrogen-bond acceptors (Lipinski definition) is 3. The van der Waals surface area contributed by atoms with E-state index in [4.69, 9.17) is 4.74 Å². The van der Waals surface area contributed by atoms with E-state index in [1.165, 1.54) is 19.2 Å². The van der Waals surface area contributed by atoms with E-state index >= 15 is 0 Å². The van der Waals surface area contributed by atoms with Crippen LogP contribution >= 0.6 is 0 Å². The average molecular weight is 225 g/mol. The molecule has 0 saturated heterocycles. The zero-order valence-corrected chi connectivity index (χ0v) is 9.24. The number of hydrogen-bond donors (Lipinski definition) is 2. The number of anilines is 1. The molecule has 1 saturated carbocycles. The van der Waals surface area contributed by atoms with Crippen molar-refractivity contribution in [3.05, 3.63) is 24.0 Å². The Bertz CT molecular complexity index is 370. The average Bonchev–Trinajstić information content (AvgIpc) is 2.67. The topological polar surface area (TPSA) is 41.5 Å². The molecule has 4 heteroatoms. The van der Waals surface area contributed by atoms with Gasteiger partial charge in [0.15, 0.2) is 0 Å². The molecular formula is C12H16FNO2. The Balaban J connectivity index is 2.14. The van der Waals surface area contributed by atoms with Gasteiger partial charge in [0.2, 0.25) is 0 Å². The normalized spacial score (nSPS) is 24.4. The van der Waals surface area contributed by atoms with Crippen LogP contribution in [0.4, 0.5) is 10.1 Å². The largest absolute Gasteiger partial charge is 0.494 e. The lowest BCUT2D eigenvalue weighted by molar-refractivity contribution is 0.171. The maximum absolute atomic E-state index is 13.0. The summed E-state index contributed by atoms with van der Waals surface area (Å²) in [5, 5.41) is 12.9. The summed E-state index contributed by atoms with van der Waals surface area (Å²) >= 11 is 0. The van der Waals surface area contributed by atoms with E-state index in [-0.39, 0.29) is 18.0 Å². The first-order valence-corrected chi connectivity index (χ1v) is 5.49. The van der Waals surface area contributed by atoms with Gasteiger partial charge in [-0.05, 0) is 31.4 Å². The minimum absolute atomic E-state index is 0.0411. The van der Waals surface area contributed by atoms with Gasteiger partial charge in [-0.3, -0.25) is 0 Å². The van der Waals surface area contributed by atoms with Gasteiger partial charge < -0.3 is 15.2 Å². The molecule has 3 nitrogen and oxygen atoms in total. The number of methoxy groups -OCH3 is 1. The molecule has 88 valence electrons. The second kappa shape index (κ2) is 4.70. The van der Waals surface area contributed by atoms with Crippen molar-refractivity contribution in [1.29, 1.82) is 0 Å². The molecule has 2 rings (SSSR count). The molecule has 2 atom stereocenters. The van der Waals surface area contributed by atoms with Crippen LogP contribution in [0.25, 0.3) is 0 Å². The third-order valence-corrected chi connectivity index (χ3v) is 2.98. The van der Waals surface area contributed by atoms with Crippen molar-refractivity contribution in [2.24, 2.45) is 0 Å². The van der Waals surface area contributed by atoms with Crippen LogP contribution in [-0.4, -0.2) is 24.4 Å². The molecule has 0 aliphatic heterocycles. The van der Waals surface area contributed by atoms with Gasteiger partial charge in [-0.1, -0.05) is 0 Å². The Morgan fingerprint density at radius 1 is 1.44 bits per heavy atom. The smallest absolute Gasteiger partial charge is 0.144 e. The first-order chi connectivity index (χ1) is 7.70. The van der Waals surface area contributed by atoms with E-state index in [9.17, 15) is 9.50 Å². The highest BCUT2D eigenvalue weighted by Gasteiger charge is 2.25. The van der Waals surface area contributed by atoms with E-state index in [1.807, 2.05) is 0 Å². The van der Waals surface area contributed by atoms with E-state index < -0.39 is 0 Å². The number of nitrogens with one attached hydrogen (secondary N) is 1. The van der Waals surface area contributed by atoms with Crippen molar-refractivity contribution in [2.75, 3.05) is 12.4 Å². The second-order valence-electron chi connectivity index (χ2n) is 4.09. The van der Waals surface area contributed by atoms with Gasteiger partial charge >= 0.3 is 0 Å². The lowest BCUT2D eigenvalue weighted by atomic mass is 10.2. The van der Waals surface area contributed by atoms with Gasteiger partial charge in [0.25, 0.3) is 0 Å². The zero-order chi connectivity index (χ0) is 11.5. The summed E-state index contributed by atoms with van der Waals surface area (Å²) in [7, 11) is 1.50. The quantitative estimate of drug-likeness (QED) is 0.828. The highest BCUT2D eigenvalue weighted by molar-refractivity contribution is 5.57. The summed E-state index contributed by atoms with van der Waals surface area (Å²) in [6, 6.07) is 4.40. The molecule has 0 unspecified atom stereocenters. The molecule has 0 bridgehead atoms. The SMILES string of the molecule is COc1cc(F)ccc1N[C@H]1CCC[C@@H]1O. The molecule has 16 heavy (non-hydrogen) atoms. The van der Waals surface area contributed by atoms with Crippen LogP contribution in [-0.2, 0) is 0 Å². The number of ether oxygens (including phenoxy) is 1. The predicted octanol–water partition coefficient (Wildman–Crippen LogP) is 2.16. The molecule has 1 aliphatic rings. The lowest BCUT2D eigenvalue weighted by Gasteiger charge is -2.19. The van der Waals surface area contributed by atoms with Crippen LogP contribution in [0, 0.1) is 5.82 Å². The van der Waals surface area contributed by atoms with Crippen molar-refractivity contribution in [2.45, 2.75) is 31.4 Å². The fourth-order valence-corrected chi connectivity index (χ4v) is 2.09. The highest BCUT2D eigenvalue weighted by Crippen LogP contribution is 2.29. The Morgan fingerprint density at radius 3 is 2.88 bits per heavy atom. The van der Waals surface area contributed by atoms with Gasteiger partial charge in [0.05, 0.1) is 24.9 Å². The van der Waals surface area contributed by atoms with Gasteiger partial charge in [-0.2, -0.15) is 0 Å². The summed E-state index contributed by atoms with van der Waals surface area (Å²) < 4.78 is 18.1. The Hall–Kier alpha value is -1.29. The van der Waals surface area contributed by atoms with Gasteiger partial charge in [-0.25, -0.2) is 4.39 Å². The summed E-state index contributed by atoms with van der Waals surface area (Å²) in [6.45, 7) is 0. The minimum Gasteiger partial charge on any atom is -0.494 e. The first-order valence-electron chi connectivity index (χ1n) is 5.49. The number of rotatable bonds is 3. The minimum atomic E-state index is -0.325. The van der Waals surface area contributed by atoms with E-state index in [0.29, 0.717) is 5.75 Å². The molecule has 0 radical (unpaired) electrons. The third-order valence-electron chi connectivity index (χ3n) is 2.98. The Labute approximate surface area is 94.2 Å². The zero-order valence-electron chi connectivity index (χ0n) is 9.24. The van der Waals surface area contributed by atoms with Crippen molar-refractivity contribution < 1.29 is 14.2 Å². The van der Waals surface area contributed by atoms with Crippen LogP contribution in [0.5, 0.6) is 5.75 Å². The van der Waals surface area contributed by atoms with Crippen molar-refractivity contribution in [3.8, 4) is 5.75 Å². The summed E-state index contributed by atoms with van der Waals surface area (Å²) in [5.41, 5.74) is 0.731. The van der Waals surface area contributed by atoms with Gasteiger partial charge in [0, 0.05) is 6.07 Å². The van der Waals surface area contributed by atoms with Crippen molar-refractivity contribution in [3.63, 3.8) is 0 Å². The second-order valence-corrected chi connectivity index (χ2v) is 4.09. The fraction of sp³-hybridized carbons (Fsp3) is 0.500. The van der Waals surface area contributed by atoms with E-state index in [0.717, 1.165) is 24.9 Å². The Kier molecular flexibility index (Phi) is 3.29. The highest BCUT2D eigenvalue weighted by atomic mass is 19.1.